The Morgan fingerprint density at radius 3 is 2.64 bits per heavy atom. The van der Waals surface area contributed by atoms with Crippen LogP contribution in [0.25, 0.3) is 11.4 Å². The molecule has 178 valence electrons. The molecule has 1 aromatic carbocycles. The fourth-order valence-corrected chi connectivity index (χ4v) is 4.60. The number of aromatic nitrogens is 2. The second kappa shape index (κ2) is 11.9. The van der Waals surface area contributed by atoms with Crippen molar-refractivity contribution in [3.05, 3.63) is 56.0 Å². The quantitative estimate of drug-likeness (QED) is 0.305. The summed E-state index contributed by atoms with van der Waals surface area (Å²) in [4.78, 5) is 17.6. The van der Waals surface area contributed by atoms with E-state index < -0.39 is 0 Å². The zero-order valence-electron chi connectivity index (χ0n) is 19.3. The summed E-state index contributed by atoms with van der Waals surface area (Å²) >= 11 is 13.6. The van der Waals surface area contributed by atoms with Gasteiger partial charge in [0.1, 0.15) is 17.4 Å². The summed E-state index contributed by atoms with van der Waals surface area (Å²) in [5.41, 5.74) is 3.31. The van der Waals surface area contributed by atoms with Crippen LogP contribution in [0.2, 0.25) is 10.0 Å². The van der Waals surface area contributed by atoms with Gasteiger partial charge < -0.3 is 19.4 Å². The zero-order valence-corrected chi connectivity index (χ0v) is 21.6. The smallest absolute Gasteiger partial charge is 0.253 e. The third-order valence-electron chi connectivity index (χ3n) is 5.34. The lowest BCUT2D eigenvalue weighted by Crippen LogP contribution is -2.32. The number of nitrogens with zero attached hydrogens (tertiary/aromatic N) is 2. The minimum atomic E-state index is -0.0646. The lowest BCUT2D eigenvalue weighted by molar-refractivity contribution is 0.0938. The SMILES string of the molecule is CCC(C)NC(=O)c1cc(-c2csc(COc3cc(Cl)cc(Cl)c3)n2)n(CCCOC)c1C. The van der Waals surface area contributed by atoms with Gasteiger partial charge in [0, 0.05) is 47.4 Å². The predicted octanol–water partition coefficient (Wildman–Crippen LogP) is 6.37. The Labute approximate surface area is 208 Å². The highest BCUT2D eigenvalue weighted by Gasteiger charge is 2.21. The summed E-state index contributed by atoms with van der Waals surface area (Å²) in [6.45, 7) is 7.70. The molecule has 1 amide bonds. The summed E-state index contributed by atoms with van der Waals surface area (Å²) in [6, 6.07) is 7.13. The van der Waals surface area contributed by atoms with Crippen molar-refractivity contribution < 1.29 is 14.3 Å². The normalized spacial score (nSPS) is 12.1. The van der Waals surface area contributed by atoms with Crippen LogP contribution in [0.1, 0.15) is 47.7 Å². The number of methoxy groups -OCH3 is 1. The van der Waals surface area contributed by atoms with Crippen molar-refractivity contribution in [2.75, 3.05) is 13.7 Å². The van der Waals surface area contributed by atoms with Crippen molar-refractivity contribution in [3.63, 3.8) is 0 Å². The molecule has 0 saturated heterocycles. The number of halogens is 2. The molecule has 3 rings (SSSR count). The molecule has 0 radical (unpaired) electrons. The fraction of sp³-hybridized carbons (Fsp3) is 0.417. The van der Waals surface area contributed by atoms with Crippen LogP contribution in [0.3, 0.4) is 0 Å². The maximum atomic E-state index is 12.9. The topological polar surface area (TPSA) is 65.4 Å². The molecular formula is C24H29Cl2N3O3S. The molecule has 0 aliphatic carbocycles. The molecule has 2 heterocycles. The van der Waals surface area contributed by atoms with Gasteiger partial charge in [0.2, 0.25) is 0 Å². The average Bonchev–Trinajstić information content (AvgIpc) is 3.36. The van der Waals surface area contributed by atoms with Crippen molar-refractivity contribution in [2.24, 2.45) is 0 Å². The Morgan fingerprint density at radius 2 is 1.97 bits per heavy atom. The van der Waals surface area contributed by atoms with Crippen molar-refractivity contribution >= 4 is 40.4 Å². The van der Waals surface area contributed by atoms with Gasteiger partial charge in [-0.2, -0.15) is 0 Å². The van der Waals surface area contributed by atoms with E-state index in [1.807, 2.05) is 25.3 Å². The Balaban J connectivity index is 1.83. The molecule has 9 heteroatoms. The number of carbonyl (C=O) groups excluding carboxylic acids is 1. The molecule has 0 spiro atoms. The molecule has 33 heavy (non-hydrogen) atoms. The van der Waals surface area contributed by atoms with E-state index in [4.69, 9.17) is 37.7 Å². The highest BCUT2D eigenvalue weighted by Crippen LogP contribution is 2.29. The van der Waals surface area contributed by atoms with Gasteiger partial charge in [0.15, 0.2) is 0 Å². The molecule has 1 atom stereocenters. The third-order valence-corrected chi connectivity index (χ3v) is 6.60. The lowest BCUT2D eigenvalue weighted by Gasteiger charge is -2.12. The van der Waals surface area contributed by atoms with Crippen molar-refractivity contribution in [3.8, 4) is 17.1 Å². The van der Waals surface area contributed by atoms with E-state index >= 15 is 0 Å². The first-order chi connectivity index (χ1) is 15.8. The van der Waals surface area contributed by atoms with E-state index in [0.29, 0.717) is 34.6 Å². The number of rotatable bonds is 11. The zero-order chi connectivity index (χ0) is 24.0. The second-order valence-corrected chi connectivity index (χ2v) is 9.65. The molecule has 0 aliphatic heterocycles. The van der Waals surface area contributed by atoms with Crippen LogP contribution in [0.5, 0.6) is 5.75 Å². The number of hydrogen-bond donors (Lipinski definition) is 1. The summed E-state index contributed by atoms with van der Waals surface area (Å²) < 4.78 is 13.2. The van der Waals surface area contributed by atoms with E-state index in [1.165, 1.54) is 11.3 Å². The number of thiazole rings is 1. The highest BCUT2D eigenvalue weighted by atomic mass is 35.5. The van der Waals surface area contributed by atoms with E-state index in [9.17, 15) is 4.79 Å². The van der Waals surface area contributed by atoms with Crippen LogP contribution in [-0.2, 0) is 17.9 Å². The van der Waals surface area contributed by atoms with Crippen LogP contribution < -0.4 is 10.1 Å². The van der Waals surface area contributed by atoms with E-state index in [0.717, 1.165) is 41.5 Å². The largest absolute Gasteiger partial charge is 0.486 e. The maximum absolute atomic E-state index is 12.9. The molecular weight excluding hydrogens is 481 g/mol. The third kappa shape index (κ3) is 6.73. The van der Waals surface area contributed by atoms with E-state index in [-0.39, 0.29) is 11.9 Å². The number of hydrogen-bond acceptors (Lipinski definition) is 5. The average molecular weight is 510 g/mol. The van der Waals surface area contributed by atoms with Crippen LogP contribution in [0.15, 0.2) is 29.6 Å². The highest BCUT2D eigenvalue weighted by molar-refractivity contribution is 7.09. The first-order valence-electron chi connectivity index (χ1n) is 10.9. The molecule has 1 unspecified atom stereocenters. The minimum absolute atomic E-state index is 0.0646. The van der Waals surface area contributed by atoms with Crippen molar-refractivity contribution in [1.29, 1.82) is 0 Å². The maximum Gasteiger partial charge on any atom is 0.253 e. The van der Waals surface area contributed by atoms with Gasteiger partial charge in [-0.25, -0.2) is 4.98 Å². The summed E-state index contributed by atoms with van der Waals surface area (Å²) in [7, 11) is 1.69. The molecule has 6 nitrogen and oxygen atoms in total. The lowest BCUT2D eigenvalue weighted by atomic mass is 10.2. The van der Waals surface area contributed by atoms with Crippen molar-refractivity contribution in [2.45, 2.75) is 52.8 Å². The standard InChI is InChI=1S/C24H29Cl2N3O3S/c1-5-15(2)27-24(30)20-12-22(29(16(20)3)7-6-8-31-4)21-14-33-23(28-21)13-32-19-10-17(25)9-18(26)11-19/h9-12,14-15H,5-8,13H2,1-4H3,(H,27,30). The van der Waals surface area contributed by atoms with E-state index in [1.54, 1.807) is 25.3 Å². The summed E-state index contributed by atoms with van der Waals surface area (Å²) in [5, 5.41) is 6.90. The first-order valence-corrected chi connectivity index (χ1v) is 12.5. The molecule has 1 N–H and O–H groups in total. The minimum Gasteiger partial charge on any atom is -0.486 e. The summed E-state index contributed by atoms with van der Waals surface area (Å²) in [6.07, 6.45) is 1.71. The van der Waals surface area contributed by atoms with Crippen molar-refractivity contribution in [1.82, 2.24) is 14.9 Å². The number of ether oxygens (including phenoxy) is 2. The molecule has 0 aliphatic rings. The van der Waals surface area contributed by atoms with E-state index in [2.05, 4.69) is 16.8 Å². The Kier molecular flexibility index (Phi) is 9.20. The van der Waals surface area contributed by atoms with Gasteiger partial charge in [0.05, 0.1) is 17.0 Å². The number of amides is 1. The van der Waals surface area contributed by atoms with Gasteiger partial charge >= 0.3 is 0 Å². The van der Waals surface area contributed by atoms with Gasteiger partial charge in [-0.1, -0.05) is 30.1 Å². The van der Waals surface area contributed by atoms with Crippen LogP contribution in [-0.4, -0.2) is 35.2 Å². The Morgan fingerprint density at radius 1 is 1.24 bits per heavy atom. The Bertz CT molecular complexity index is 1080. The van der Waals surface area contributed by atoms with Gasteiger partial charge in [-0.3, -0.25) is 4.79 Å². The van der Waals surface area contributed by atoms with Gasteiger partial charge in [-0.05, 0) is 51.0 Å². The second-order valence-electron chi connectivity index (χ2n) is 7.83. The van der Waals surface area contributed by atoms with Gasteiger partial charge in [0.25, 0.3) is 5.91 Å². The van der Waals surface area contributed by atoms with Gasteiger partial charge in [-0.15, -0.1) is 11.3 Å². The molecule has 0 fully saturated rings. The number of carbonyl (C=O) groups is 1. The van der Waals surface area contributed by atoms with Crippen LogP contribution >= 0.6 is 34.5 Å². The number of benzene rings is 1. The number of nitrogens with one attached hydrogen (secondary N) is 1. The Hall–Kier alpha value is -2.06. The monoisotopic (exact) mass is 509 g/mol. The predicted molar refractivity (Wildman–Crippen MR) is 135 cm³/mol. The molecule has 3 aromatic rings. The van der Waals surface area contributed by atoms with Crippen LogP contribution in [0, 0.1) is 6.92 Å². The summed E-state index contributed by atoms with van der Waals surface area (Å²) in [5.74, 6) is 0.525. The molecule has 2 aromatic heterocycles. The first kappa shape index (κ1) is 25.6. The molecule has 0 bridgehead atoms. The molecule has 0 saturated carbocycles. The fourth-order valence-electron chi connectivity index (χ4n) is 3.40. The van der Waals surface area contributed by atoms with Crippen LogP contribution in [0.4, 0.5) is 0 Å².